The Morgan fingerprint density at radius 2 is 1.71 bits per heavy atom. The molecule has 1 unspecified atom stereocenters. The number of amides is 1. The second-order valence-electron chi connectivity index (χ2n) is 7.93. The Morgan fingerprint density at radius 1 is 1.03 bits per heavy atom. The van der Waals surface area contributed by atoms with Crippen LogP contribution in [0.15, 0.2) is 53.4 Å². The molecule has 0 bridgehead atoms. The van der Waals surface area contributed by atoms with Gasteiger partial charge < -0.3 is 5.32 Å². The maximum absolute atomic E-state index is 13.1. The molecule has 6 nitrogen and oxygen atoms in total. The molecule has 168 valence electrons. The molecule has 0 spiro atoms. The van der Waals surface area contributed by atoms with E-state index in [9.17, 15) is 17.6 Å². The quantitative estimate of drug-likeness (QED) is 0.708. The van der Waals surface area contributed by atoms with E-state index in [0.717, 1.165) is 24.1 Å². The highest BCUT2D eigenvalue weighted by molar-refractivity contribution is 7.89. The summed E-state index contributed by atoms with van der Waals surface area (Å²) in [7, 11) is -3.68. The summed E-state index contributed by atoms with van der Waals surface area (Å²) >= 11 is 0. The molecule has 0 aliphatic carbocycles. The van der Waals surface area contributed by atoms with Crippen molar-refractivity contribution in [3.8, 4) is 0 Å². The van der Waals surface area contributed by atoms with Gasteiger partial charge in [-0.3, -0.25) is 9.69 Å². The summed E-state index contributed by atoms with van der Waals surface area (Å²) in [5, 5.41) is 3.09. The summed E-state index contributed by atoms with van der Waals surface area (Å²) in [4.78, 5) is 14.7. The van der Waals surface area contributed by atoms with E-state index in [0.29, 0.717) is 32.6 Å². The van der Waals surface area contributed by atoms with E-state index in [4.69, 9.17) is 0 Å². The molecule has 1 fully saturated rings. The van der Waals surface area contributed by atoms with Gasteiger partial charge in [0, 0.05) is 19.6 Å². The van der Waals surface area contributed by atoms with Crippen molar-refractivity contribution in [3.63, 3.8) is 0 Å². The molecule has 1 atom stereocenters. The number of benzene rings is 2. The standard InChI is InChI=1S/C23H30FN3O3S/c1-3-22(19-7-5-18(2)6-8-19)25-23(28)17-26-13-4-14-27(16-15-26)31(29,30)21-11-9-20(24)10-12-21/h5-12,22H,3-4,13-17H2,1-2H3,(H,25,28). The molecule has 1 amide bonds. The first-order valence-electron chi connectivity index (χ1n) is 10.6. The first-order valence-corrected chi connectivity index (χ1v) is 12.1. The van der Waals surface area contributed by atoms with Gasteiger partial charge in [-0.1, -0.05) is 36.8 Å². The molecule has 1 heterocycles. The lowest BCUT2D eigenvalue weighted by atomic mass is 10.0. The zero-order chi connectivity index (χ0) is 22.4. The second kappa shape index (κ2) is 10.3. The fourth-order valence-corrected chi connectivity index (χ4v) is 5.23. The van der Waals surface area contributed by atoms with Gasteiger partial charge in [-0.2, -0.15) is 4.31 Å². The van der Waals surface area contributed by atoms with Crippen LogP contribution in [0, 0.1) is 12.7 Å². The van der Waals surface area contributed by atoms with E-state index in [1.807, 2.05) is 43.0 Å². The third kappa shape index (κ3) is 6.12. The first-order chi connectivity index (χ1) is 14.8. The summed E-state index contributed by atoms with van der Waals surface area (Å²) in [6.45, 7) is 6.07. The van der Waals surface area contributed by atoms with Crippen LogP contribution in [-0.4, -0.2) is 56.3 Å². The minimum Gasteiger partial charge on any atom is -0.348 e. The Morgan fingerprint density at radius 3 is 2.35 bits per heavy atom. The van der Waals surface area contributed by atoms with Crippen molar-refractivity contribution < 1.29 is 17.6 Å². The number of sulfonamides is 1. The smallest absolute Gasteiger partial charge is 0.243 e. The van der Waals surface area contributed by atoms with Crippen molar-refractivity contribution in [2.24, 2.45) is 0 Å². The Hall–Kier alpha value is -2.29. The van der Waals surface area contributed by atoms with Gasteiger partial charge >= 0.3 is 0 Å². The van der Waals surface area contributed by atoms with Gasteiger partial charge in [-0.25, -0.2) is 12.8 Å². The molecule has 0 radical (unpaired) electrons. The van der Waals surface area contributed by atoms with Crippen molar-refractivity contribution in [2.75, 3.05) is 32.7 Å². The van der Waals surface area contributed by atoms with Crippen LogP contribution in [0.5, 0.6) is 0 Å². The normalized spacial score (nSPS) is 17.1. The lowest BCUT2D eigenvalue weighted by Gasteiger charge is -2.23. The molecule has 0 saturated carbocycles. The minimum absolute atomic E-state index is 0.0459. The summed E-state index contributed by atoms with van der Waals surface area (Å²) in [6.07, 6.45) is 1.42. The van der Waals surface area contributed by atoms with Crippen LogP contribution in [0.2, 0.25) is 0 Å². The number of nitrogens with one attached hydrogen (secondary N) is 1. The number of carbonyl (C=O) groups is 1. The van der Waals surface area contributed by atoms with Gasteiger partial charge in [-0.05, 0) is 56.1 Å². The molecule has 0 aromatic heterocycles. The van der Waals surface area contributed by atoms with Crippen LogP contribution in [-0.2, 0) is 14.8 Å². The van der Waals surface area contributed by atoms with E-state index in [1.165, 1.54) is 22.0 Å². The predicted molar refractivity (Wildman–Crippen MR) is 119 cm³/mol. The number of rotatable bonds is 7. The van der Waals surface area contributed by atoms with Gasteiger partial charge in [0.05, 0.1) is 17.5 Å². The maximum Gasteiger partial charge on any atom is 0.243 e. The van der Waals surface area contributed by atoms with Crippen LogP contribution >= 0.6 is 0 Å². The zero-order valence-corrected chi connectivity index (χ0v) is 18.9. The van der Waals surface area contributed by atoms with Gasteiger partial charge in [0.1, 0.15) is 5.82 Å². The Labute approximate surface area is 184 Å². The van der Waals surface area contributed by atoms with Crippen molar-refractivity contribution in [1.82, 2.24) is 14.5 Å². The molecular weight excluding hydrogens is 417 g/mol. The Kier molecular flexibility index (Phi) is 7.80. The van der Waals surface area contributed by atoms with E-state index in [1.54, 1.807) is 0 Å². The molecule has 3 rings (SSSR count). The average molecular weight is 448 g/mol. The van der Waals surface area contributed by atoms with E-state index in [2.05, 4.69) is 5.32 Å². The number of hydrogen-bond donors (Lipinski definition) is 1. The van der Waals surface area contributed by atoms with Crippen LogP contribution in [0.4, 0.5) is 4.39 Å². The van der Waals surface area contributed by atoms with Crippen LogP contribution in [0.25, 0.3) is 0 Å². The fourth-order valence-electron chi connectivity index (χ4n) is 3.76. The van der Waals surface area contributed by atoms with Gasteiger partial charge in [0.15, 0.2) is 0 Å². The number of carbonyl (C=O) groups excluding carboxylic acids is 1. The van der Waals surface area contributed by atoms with Crippen molar-refractivity contribution in [2.45, 2.75) is 37.6 Å². The van der Waals surface area contributed by atoms with Crippen molar-refractivity contribution in [1.29, 1.82) is 0 Å². The molecular formula is C23H30FN3O3S. The highest BCUT2D eigenvalue weighted by Crippen LogP contribution is 2.19. The predicted octanol–water partition coefficient (Wildman–Crippen LogP) is 3.10. The third-order valence-corrected chi connectivity index (χ3v) is 7.50. The summed E-state index contributed by atoms with van der Waals surface area (Å²) < 4.78 is 40.3. The molecule has 31 heavy (non-hydrogen) atoms. The lowest BCUT2D eigenvalue weighted by molar-refractivity contribution is -0.123. The SMILES string of the molecule is CCC(NC(=O)CN1CCCN(S(=O)(=O)c2ccc(F)cc2)CC1)c1ccc(C)cc1. The molecule has 8 heteroatoms. The Balaban J connectivity index is 1.57. The van der Waals surface area contributed by atoms with E-state index in [-0.39, 0.29) is 23.4 Å². The first kappa shape index (κ1) is 23.4. The number of aryl methyl sites for hydroxylation is 1. The number of halogens is 1. The van der Waals surface area contributed by atoms with Crippen molar-refractivity contribution in [3.05, 3.63) is 65.5 Å². The highest BCUT2D eigenvalue weighted by atomic mass is 32.2. The molecule has 1 aliphatic heterocycles. The van der Waals surface area contributed by atoms with Gasteiger partial charge in [0.2, 0.25) is 15.9 Å². The summed E-state index contributed by atoms with van der Waals surface area (Å²) in [5.74, 6) is -0.537. The molecule has 1 aliphatic rings. The molecule has 1 saturated heterocycles. The monoisotopic (exact) mass is 447 g/mol. The Bertz CT molecular complexity index is 978. The van der Waals surface area contributed by atoms with Gasteiger partial charge in [0.25, 0.3) is 0 Å². The largest absolute Gasteiger partial charge is 0.348 e. The topological polar surface area (TPSA) is 69.7 Å². The summed E-state index contributed by atoms with van der Waals surface area (Å²) in [5.41, 5.74) is 2.25. The van der Waals surface area contributed by atoms with Gasteiger partial charge in [-0.15, -0.1) is 0 Å². The average Bonchev–Trinajstić information content (AvgIpc) is 2.99. The van der Waals surface area contributed by atoms with Crippen LogP contribution < -0.4 is 5.32 Å². The summed E-state index contributed by atoms with van der Waals surface area (Å²) in [6, 6.07) is 13.0. The lowest BCUT2D eigenvalue weighted by Crippen LogP contribution is -2.41. The minimum atomic E-state index is -3.68. The number of nitrogens with zero attached hydrogens (tertiary/aromatic N) is 2. The third-order valence-electron chi connectivity index (χ3n) is 5.59. The number of hydrogen-bond acceptors (Lipinski definition) is 4. The van der Waals surface area contributed by atoms with E-state index < -0.39 is 15.8 Å². The zero-order valence-electron chi connectivity index (χ0n) is 18.1. The van der Waals surface area contributed by atoms with Crippen molar-refractivity contribution >= 4 is 15.9 Å². The highest BCUT2D eigenvalue weighted by Gasteiger charge is 2.27. The van der Waals surface area contributed by atoms with E-state index >= 15 is 0 Å². The molecule has 2 aromatic rings. The van der Waals surface area contributed by atoms with Crippen LogP contribution in [0.3, 0.4) is 0 Å². The second-order valence-corrected chi connectivity index (χ2v) is 9.86. The maximum atomic E-state index is 13.1. The molecule has 1 N–H and O–H groups in total. The fraction of sp³-hybridized carbons (Fsp3) is 0.435. The molecule has 2 aromatic carbocycles. The van der Waals surface area contributed by atoms with Crippen LogP contribution in [0.1, 0.15) is 36.9 Å².